The average Bonchev–Trinajstić information content (AvgIpc) is 2.76. The minimum Gasteiger partial charge on any atom is -0.439 e. The lowest BCUT2D eigenvalue weighted by Gasteiger charge is -2.35. The van der Waals surface area contributed by atoms with Crippen LogP contribution >= 0.6 is 27.5 Å². The van der Waals surface area contributed by atoms with E-state index in [0.29, 0.717) is 35.3 Å². The molecule has 3 aromatic rings. The van der Waals surface area contributed by atoms with Gasteiger partial charge >= 0.3 is 0 Å². The molecular weight excluding hydrogens is 456 g/mol. The molecule has 8 heteroatoms. The second-order valence-electron chi connectivity index (χ2n) is 6.55. The van der Waals surface area contributed by atoms with Gasteiger partial charge in [0.2, 0.25) is 5.88 Å². The van der Waals surface area contributed by atoms with Gasteiger partial charge in [-0.2, -0.15) is 0 Å². The molecule has 0 N–H and O–H groups in total. The molecule has 1 aliphatic rings. The monoisotopic (exact) mass is 472 g/mol. The highest BCUT2D eigenvalue weighted by atomic mass is 79.9. The van der Waals surface area contributed by atoms with E-state index < -0.39 is 0 Å². The number of piperazine rings is 1. The summed E-state index contributed by atoms with van der Waals surface area (Å²) in [6, 6.07) is 14.7. The zero-order valence-electron chi connectivity index (χ0n) is 15.5. The van der Waals surface area contributed by atoms with Crippen molar-refractivity contribution >= 4 is 39.3 Å². The molecule has 0 bridgehead atoms. The third-order valence-corrected chi connectivity index (χ3v) is 5.37. The number of benzene rings is 1. The number of anilines is 1. The van der Waals surface area contributed by atoms with Crippen LogP contribution in [0.4, 0.5) is 5.82 Å². The lowest BCUT2D eigenvalue weighted by atomic mass is 10.2. The number of carbonyl (C=O) groups is 1. The second-order valence-corrected chi connectivity index (χ2v) is 7.91. The van der Waals surface area contributed by atoms with Gasteiger partial charge in [0.05, 0.1) is 10.6 Å². The van der Waals surface area contributed by atoms with Crippen LogP contribution in [0.5, 0.6) is 11.6 Å². The highest BCUT2D eigenvalue weighted by Gasteiger charge is 2.23. The van der Waals surface area contributed by atoms with Crippen molar-refractivity contribution in [2.24, 2.45) is 0 Å². The molecule has 4 rings (SSSR count). The quantitative estimate of drug-likeness (QED) is 0.552. The van der Waals surface area contributed by atoms with E-state index in [4.69, 9.17) is 16.3 Å². The standard InChI is InChI=1S/C21H18BrClN4O2/c22-16-2-5-18(6-3-16)29-20-8-1-15(13-25-20)21(28)27-11-9-26(10-12-27)19-7-4-17(23)14-24-19/h1-8,13-14H,9-12H2. The summed E-state index contributed by atoms with van der Waals surface area (Å²) < 4.78 is 6.68. The van der Waals surface area contributed by atoms with Gasteiger partial charge in [-0.05, 0) is 42.5 Å². The van der Waals surface area contributed by atoms with Gasteiger partial charge in [0, 0.05) is 49.1 Å². The van der Waals surface area contributed by atoms with Crippen molar-refractivity contribution in [3.8, 4) is 11.6 Å². The summed E-state index contributed by atoms with van der Waals surface area (Å²) in [7, 11) is 0. The minimum absolute atomic E-state index is 0.0311. The van der Waals surface area contributed by atoms with Crippen LogP contribution in [0.15, 0.2) is 65.4 Å². The maximum absolute atomic E-state index is 12.8. The molecule has 1 fully saturated rings. The zero-order valence-corrected chi connectivity index (χ0v) is 17.8. The Bertz CT molecular complexity index is 973. The van der Waals surface area contributed by atoms with Gasteiger partial charge in [-0.3, -0.25) is 4.79 Å². The van der Waals surface area contributed by atoms with Crippen LogP contribution < -0.4 is 9.64 Å². The van der Waals surface area contributed by atoms with Crippen molar-refractivity contribution in [2.75, 3.05) is 31.1 Å². The Morgan fingerprint density at radius 1 is 0.931 bits per heavy atom. The third-order valence-electron chi connectivity index (χ3n) is 4.62. The molecular formula is C21H18BrClN4O2. The predicted molar refractivity (Wildman–Crippen MR) is 116 cm³/mol. The molecule has 3 heterocycles. The molecule has 1 aromatic carbocycles. The first kappa shape index (κ1) is 19.7. The molecule has 6 nitrogen and oxygen atoms in total. The van der Waals surface area contributed by atoms with Gasteiger partial charge < -0.3 is 14.5 Å². The Hall–Kier alpha value is -2.64. The first-order valence-corrected chi connectivity index (χ1v) is 10.3. The normalized spacial score (nSPS) is 14.0. The largest absolute Gasteiger partial charge is 0.439 e. The molecule has 1 saturated heterocycles. The van der Waals surface area contributed by atoms with Crippen LogP contribution in [0.1, 0.15) is 10.4 Å². The van der Waals surface area contributed by atoms with Gasteiger partial charge in [0.25, 0.3) is 5.91 Å². The molecule has 0 saturated carbocycles. The lowest BCUT2D eigenvalue weighted by Crippen LogP contribution is -2.49. The van der Waals surface area contributed by atoms with E-state index in [-0.39, 0.29) is 5.91 Å². The molecule has 2 aromatic heterocycles. The second kappa shape index (κ2) is 8.80. The van der Waals surface area contributed by atoms with Gasteiger partial charge in [-0.25, -0.2) is 9.97 Å². The summed E-state index contributed by atoms with van der Waals surface area (Å²) >= 11 is 9.28. The average molecular weight is 474 g/mol. The van der Waals surface area contributed by atoms with Crippen molar-refractivity contribution in [1.82, 2.24) is 14.9 Å². The topological polar surface area (TPSA) is 58.6 Å². The Morgan fingerprint density at radius 3 is 2.31 bits per heavy atom. The summed E-state index contributed by atoms with van der Waals surface area (Å²) in [5.41, 5.74) is 0.547. The fourth-order valence-electron chi connectivity index (χ4n) is 3.07. The maximum atomic E-state index is 12.8. The van der Waals surface area contributed by atoms with Crippen LogP contribution in [0.2, 0.25) is 5.02 Å². The van der Waals surface area contributed by atoms with E-state index in [1.807, 2.05) is 41.3 Å². The molecule has 1 aliphatic heterocycles. The van der Waals surface area contributed by atoms with E-state index in [1.54, 1.807) is 24.5 Å². The Morgan fingerprint density at radius 2 is 1.69 bits per heavy atom. The molecule has 0 unspecified atom stereocenters. The summed E-state index contributed by atoms with van der Waals surface area (Å²) in [4.78, 5) is 25.4. The van der Waals surface area contributed by atoms with Crippen molar-refractivity contribution in [1.29, 1.82) is 0 Å². The zero-order chi connectivity index (χ0) is 20.2. The highest BCUT2D eigenvalue weighted by Crippen LogP contribution is 2.22. The Kier molecular flexibility index (Phi) is 5.97. The molecule has 0 atom stereocenters. The molecule has 0 spiro atoms. The smallest absolute Gasteiger partial charge is 0.255 e. The molecule has 0 aliphatic carbocycles. The number of nitrogens with zero attached hydrogens (tertiary/aromatic N) is 4. The summed E-state index contributed by atoms with van der Waals surface area (Å²) in [6.45, 7) is 2.69. The number of carbonyl (C=O) groups excluding carboxylic acids is 1. The fraction of sp³-hybridized carbons (Fsp3) is 0.190. The fourth-order valence-corrected chi connectivity index (χ4v) is 3.44. The van der Waals surface area contributed by atoms with Gasteiger partial charge in [0.15, 0.2) is 0 Å². The summed E-state index contributed by atoms with van der Waals surface area (Å²) in [5, 5.41) is 0.614. The number of halogens is 2. The Labute approximate surface area is 182 Å². The minimum atomic E-state index is -0.0311. The highest BCUT2D eigenvalue weighted by molar-refractivity contribution is 9.10. The number of aromatic nitrogens is 2. The third kappa shape index (κ3) is 4.86. The number of pyridine rings is 2. The van der Waals surface area contributed by atoms with E-state index in [1.165, 1.54) is 0 Å². The number of rotatable bonds is 4. The van der Waals surface area contributed by atoms with Gasteiger partial charge in [-0.15, -0.1) is 0 Å². The number of amides is 1. The summed E-state index contributed by atoms with van der Waals surface area (Å²) in [5.74, 6) is 1.98. The molecule has 148 valence electrons. The molecule has 29 heavy (non-hydrogen) atoms. The van der Waals surface area contributed by atoms with E-state index in [9.17, 15) is 4.79 Å². The van der Waals surface area contributed by atoms with Gasteiger partial charge in [-0.1, -0.05) is 27.5 Å². The van der Waals surface area contributed by atoms with Crippen molar-refractivity contribution in [2.45, 2.75) is 0 Å². The van der Waals surface area contributed by atoms with Crippen LogP contribution in [0.25, 0.3) is 0 Å². The number of hydrogen-bond donors (Lipinski definition) is 0. The van der Waals surface area contributed by atoms with Crippen molar-refractivity contribution in [3.05, 3.63) is 76.0 Å². The predicted octanol–water partition coefficient (Wildman–Crippen LogP) is 4.65. The maximum Gasteiger partial charge on any atom is 0.255 e. The van der Waals surface area contributed by atoms with Gasteiger partial charge in [0.1, 0.15) is 11.6 Å². The van der Waals surface area contributed by atoms with Crippen LogP contribution in [0, 0.1) is 0 Å². The van der Waals surface area contributed by atoms with Crippen molar-refractivity contribution in [3.63, 3.8) is 0 Å². The first-order valence-electron chi connectivity index (χ1n) is 9.14. The summed E-state index contributed by atoms with van der Waals surface area (Å²) in [6.07, 6.45) is 3.20. The number of ether oxygens (including phenoxy) is 1. The van der Waals surface area contributed by atoms with E-state index >= 15 is 0 Å². The van der Waals surface area contributed by atoms with E-state index in [0.717, 1.165) is 23.4 Å². The van der Waals surface area contributed by atoms with Crippen LogP contribution in [-0.4, -0.2) is 47.0 Å². The molecule has 1 amide bonds. The number of hydrogen-bond acceptors (Lipinski definition) is 5. The molecule has 0 radical (unpaired) electrons. The Balaban J connectivity index is 1.35. The van der Waals surface area contributed by atoms with Crippen LogP contribution in [0.3, 0.4) is 0 Å². The first-order chi connectivity index (χ1) is 14.1. The van der Waals surface area contributed by atoms with Crippen LogP contribution in [-0.2, 0) is 0 Å². The SMILES string of the molecule is O=C(c1ccc(Oc2ccc(Br)cc2)nc1)N1CCN(c2ccc(Cl)cn2)CC1. The van der Waals surface area contributed by atoms with E-state index in [2.05, 4.69) is 30.8 Å². The van der Waals surface area contributed by atoms with Crippen molar-refractivity contribution < 1.29 is 9.53 Å². The lowest BCUT2D eigenvalue weighted by molar-refractivity contribution is 0.0746.